The van der Waals surface area contributed by atoms with Gasteiger partial charge in [0.25, 0.3) is 0 Å². The highest BCUT2D eigenvalue weighted by molar-refractivity contribution is 6.00. The van der Waals surface area contributed by atoms with E-state index in [1.54, 1.807) is 6.20 Å². The van der Waals surface area contributed by atoms with Crippen LogP contribution in [0.2, 0.25) is 0 Å². The number of para-hydroxylation sites is 1. The maximum absolute atomic E-state index is 12.3. The predicted octanol–water partition coefficient (Wildman–Crippen LogP) is 5.12. The molecule has 5 rings (SSSR count). The SMILES string of the molecule is O=C(Nc1ccccc1)Nc1ccc(-c2nn(CCCO)cc2-c2ccnc3[nH]ccc23)cc1. The Morgan fingerprint density at radius 2 is 1.71 bits per heavy atom. The number of aliphatic hydroxyl groups is 1. The number of pyridine rings is 1. The molecule has 0 aliphatic rings. The number of hydrogen-bond acceptors (Lipinski definition) is 4. The van der Waals surface area contributed by atoms with E-state index in [4.69, 9.17) is 5.10 Å². The van der Waals surface area contributed by atoms with Crippen LogP contribution in [0.3, 0.4) is 0 Å². The largest absolute Gasteiger partial charge is 0.396 e. The summed E-state index contributed by atoms with van der Waals surface area (Å²) < 4.78 is 1.86. The van der Waals surface area contributed by atoms with Crippen molar-refractivity contribution < 1.29 is 9.90 Å². The number of aliphatic hydroxyl groups excluding tert-OH is 1. The molecule has 3 heterocycles. The standard InChI is InChI=1S/C26H24N6O2/c33-16-4-15-32-17-23(21-11-13-27-25-22(21)12-14-28-25)24(31-32)18-7-9-20(10-8-18)30-26(34)29-19-5-2-1-3-6-19/h1-3,5-14,17,33H,4,15-16H2,(H,27,28)(H2,29,30,34). The maximum atomic E-state index is 12.3. The van der Waals surface area contributed by atoms with E-state index in [2.05, 4.69) is 20.6 Å². The number of aryl methyl sites for hydroxylation is 1. The molecule has 8 heteroatoms. The lowest BCUT2D eigenvalue weighted by atomic mass is 10.0. The van der Waals surface area contributed by atoms with Crippen LogP contribution in [-0.2, 0) is 6.54 Å². The molecule has 34 heavy (non-hydrogen) atoms. The third kappa shape index (κ3) is 4.53. The molecule has 0 radical (unpaired) electrons. The molecule has 8 nitrogen and oxygen atoms in total. The maximum Gasteiger partial charge on any atom is 0.323 e. The minimum absolute atomic E-state index is 0.104. The van der Waals surface area contributed by atoms with Crippen molar-refractivity contribution in [3.05, 3.63) is 85.3 Å². The third-order valence-electron chi connectivity index (χ3n) is 5.51. The highest BCUT2D eigenvalue weighted by atomic mass is 16.3. The first kappa shape index (κ1) is 21.4. The molecule has 0 fully saturated rings. The van der Waals surface area contributed by atoms with Gasteiger partial charge in [-0.1, -0.05) is 30.3 Å². The van der Waals surface area contributed by atoms with Gasteiger partial charge in [-0.3, -0.25) is 4.68 Å². The Kier molecular flexibility index (Phi) is 6.05. The fourth-order valence-corrected chi connectivity index (χ4v) is 3.90. The van der Waals surface area contributed by atoms with Gasteiger partial charge >= 0.3 is 6.03 Å². The quantitative estimate of drug-likeness (QED) is 0.275. The summed E-state index contributed by atoms with van der Waals surface area (Å²) in [6.45, 7) is 0.720. The summed E-state index contributed by atoms with van der Waals surface area (Å²) >= 11 is 0. The minimum atomic E-state index is -0.306. The lowest BCUT2D eigenvalue weighted by Gasteiger charge is -2.09. The molecule has 0 spiro atoms. The first-order valence-electron chi connectivity index (χ1n) is 11.1. The number of urea groups is 1. The number of amides is 2. The number of anilines is 2. The van der Waals surface area contributed by atoms with Crippen LogP contribution < -0.4 is 10.6 Å². The molecule has 0 saturated carbocycles. The van der Waals surface area contributed by atoms with Crippen molar-refractivity contribution in [3.63, 3.8) is 0 Å². The molecular formula is C26H24N6O2. The molecule has 0 aliphatic carbocycles. The highest BCUT2D eigenvalue weighted by Crippen LogP contribution is 2.35. The second-order valence-electron chi connectivity index (χ2n) is 7.85. The third-order valence-corrected chi connectivity index (χ3v) is 5.51. The molecular weight excluding hydrogens is 428 g/mol. The van der Waals surface area contributed by atoms with Gasteiger partial charge in [0.2, 0.25) is 0 Å². The number of nitrogens with one attached hydrogen (secondary N) is 3. The number of fused-ring (bicyclic) bond motifs is 1. The summed E-state index contributed by atoms with van der Waals surface area (Å²) in [5.41, 5.74) is 5.97. The highest BCUT2D eigenvalue weighted by Gasteiger charge is 2.16. The zero-order chi connectivity index (χ0) is 23.3. The van der Waals surface area contributed by atoms with Crippen LogP contribution in [0.1, 0.15) is 6.42 Å². The zero-order valence-electron chi connectivity index (χ0n) is 18.4. The average molecular weight is 453 g/mol. The molecule has 0 saturated heterocycles. The average Bonchev–Trinajstić information content (AvgIpc) is 3.51. The lowest BCUT2D eigenvalue weighted by Crippen LogP contribution is -2.19. The summed E-state index contributed by atoms with van der Waals surface area (Å²) in [6, 6.07) is 20.6. The van der Waals surface area contributed by atoms with Gasteiger partial charge in [-0.2, -0.15) is 5.10 Å². The van der Waals surface area contributed by atoms with E-state index < -0.39 is 0 Å². The van der Waals surface area contributed by atoms with Crippen molar-refractivity contribution in [2.24, 2.45) is 0 Å². The number of aromatic amines is 1. The molecule has 0 unspecified atom stereocenters. The fraction of sp³-hybridized carbons (Fsp3) is 0.115. The second kappa shape index (κ2) is 9.60. The summed E-state index contributed by atoms with van der Waals surface area (Å²) in [7, 11) is 0. The van der Waals surface area contributed by atoms with E-state index in [9.17, 15) is 9.90 Å². The summed E-state index contributed by atoms with van der Waals surface area (Å²) in [6.07, 6.45) is 6.28. The predicted molar refractivity (Wildman–Crippen MR) is 134 cm³/mol. The number of nitrogens with zero attached hydrogens (tertiary/aromatic N) is 3. The minimum Gasteiger partial charge on any atom is -0.396 e. The van der Waals surface area contributed by atoms with Crippen LogP contribution in [0.25, 0.3) is 33.4 Å². The van der Waals surface area contributed by atoms with Gasteiger partial charge in [-0.15, -0.1) is 0 Å². The van der Waals surface area contributed by atoms with Crippen LogP contribution in [0.5, 0.6) is 0 Å². The first-order chi connectivity index (χ1) is 16.7. The van der Waals surface area contributed by atoms with Gasteiger partial charge in [0.1, 0.15) is 11.3 Å². The van der Waals surface area contributed by atoms with Gasteiger partial charge in [-0.05, 0) is 48.4 Å². The Labute approximate surface area is 196 Å². The smallest absolute Gasteiger partial charge is 0.323 e. The number of hydrogen-bond donors (Lipinski definition) is 4. The molecule has 170 valence electrons. The van der Waals surface area contributed by atoms with Crippen LogP contribution >= 0.6 is 0 Å². The zero-order valence-corrected chi connectivity index (χ0v) is 18.4. The van der Waals surface area contributed by atoms with E-state index in [-0.39, 0.29) is 12.6 Å². The fourth-order valence-electron chi connectivity index (χ4n) is 3.90. The van der Waals surface area contributed by atoms with E-state index in [0.717, 1.165) is 39.1 Å². The van der Waals surface area contributed by atoms with E-state index in [1.165, 1.54) is 0 Å². The number of H-pyrrole nitrogens is 1. The Morgan fingerprint density at radius 1 is 0.941 bits per heavy atom. The van der Waals surface area contributed by atoms with Crippen LogP contribution in [0.15, 0.2) is 85.3 Å². The van der Waals surface area contributed by atoms with Gasteiger partial charge in [0.15, 0.2) is 0 Å². The second-order valence-corrected chi connectivity index (χ2v) is 7.85. The molecule has 0 atom stereocenters. The van der Waals surface area contributed by atoms with Crippen LogP contribution in [0, 0.1) is 0 Å². The van der Waals surface area contributed by atoms with Crippen molar-refractivity contribution >= 4 is 28.4 Å². The van der Waals surface area contributed by atoms with Crippen molar-refractivity contribution in [1.29, 1.82) is 0 Å². The number of rotatable bonds is 7. The normalized spacial score (nSPS) is 11.0. The summed E-state index contributed by atoms with van der Waals surface area (Å²) in [5, 5.41) is 20.7. The van der Waals surface area contributed by atoms with Gasteiger partial charge in [0, 0.05) is 59.6 Å². The van der Waals surface area contributed by atoms with Crippen molar-refractivity contribution in [2.75, 3.05) is 17.2 Å². The molecule has 5 aromatic rings. The molecule has 0 bridgehead atoms. The summed E-state index contributed by atoms with van der Waals surface area (Å²) in [4.78, 5) is 19.9. The summed E-state index contributed by atoms with van der Waals surface area (Å²) in [5.74, 6) is 0. The van der Waals surface area contributed by atoms with E-state index in [1.807, 2.05) is 83.8 Å². The lowest BCUT2D eigenvalue weighted by molar-refractivity contribution is 0.262. The van der Waals surface area contributed by atoms with Crippen molar-refractivity contribution in [1.82, 2.24) is 19.7 Å². The Bertz CT molecular complexity index is 1410. The van der Waals surface area contributed by atoms with Crippen molar-refractivity contribution in [3.8, 4) is 22.4 Å². The Balaban J connectivity index is 1.43. The van der Waals surface area contributed by atoms with Crippen LogP contribution in [-0.4, -0.2) is 37.5 Å². The monoisotopic (exact) mass is 452 g/mol. The number of benzene rings is 2. The molecule has 2 aromatic carbocycles. The molecule has 4 N–H and O–H groups in total. The van der Waals surface area contributed by atoms with Gasteiger partial charge < -0.3 is 20.7 Å². The van der Waals surface area contributed by atoms with E-state index in [0.29, 0.717) is 18.7 Å². The van der Waals surface area contributed by atoms with Gasteiger partial charge in [0.05, 0.1) is 0 Å². The van der Waals surface area contributed by atoms with Gasteiger partial charge in [-0.25, -0.2) is 9.78 Å². The molecule has 2 amide bonds. The van der Waals surface area contributed by atoms with Crippen molar-refractivity contribution in [2.45, 2.75) is 13.0 Å². The number of aromatic nitrogens is 4. The first-order valence-corrected chi connectivity index (χ1v) is 11.1. The molecule has 0 aliphatic heterocycles. The Morgan fingerprint density at radius 3 is 2.47 bits per heavy atom. The molecule has 3 aromatic heterocycles. The number of carbonyl (C=O) groups is 1. The Hall–Kier alpha value is -4.43. The van der Waals surface area contributed by atoms with Crippen LogP contribution in [0.4, 0.5) is 16.2 Å². The topological polar surface area (TPSA) is 108 Å². The van der Waals surface area contributed by atoms with E-state index >= 15 is 0 Å². The number of carbonyl (C=O) groups excluding carboxylic acids is 1.